The SMILES string of the molecule is CCOc1ccc(N2C(=O)c3ccc(C(=O)N4CCCc5cc(C)ccc54)cc3C2=O)cc1. The highest BCUT2D eigenvalue weighted by atomic mass is 16.5. The number of ether oxygens (including phenoxy) is 1. The van der Waals surface area contributed by atoms with Crippen molar-refractivity contribution in [3.8, 4) is 5.75 Å². The number of amides is 3. The van der Waals surface area contributed by atoms with Crippen LogP contribution in [0.4, 0.5) is 11.4 Å². The van der Waals surface area contributed by atoms with Crippen molar-refractivity contribution in [1.29, 1.82) is 0 Å². The highest BCUT2D eigenvalue weighted by molar-refractivity contribution is 6.34. The Kier molecular flexibility index (Phi) is 5.21. The van der Waals surface area contributed by atoms with Crippen LogP contribution in [0, 0.1) is 6.92 Å². The fourth-order valence-electron chi connectivity index (χ4n) is 4.56. The van der Waals surface area contributed by atoms with Crippen LogP contribution in [0.3, 0.4) is 0 Å². The molecule has 6 nitrogen and oxygen atoms in total. The molecule has 3 aromatic rings. The molecule has 0 saturated carbocycles. The second kappa shape index (κ2) is 8.20. The van der Waals surface area contributed by atoms with E-state index in [-0.39, 0.29) is 11.5 Å². The molecule has 0 unspecified atom stereocenters. The molecular formula is C27H24N2O4. The number of fused-ring (bicyclic) bond motifs is 2. The van der Waals surface area contributed by atoms with Crippen LogP contribution in [-0.4, -0.2) is 30.9 Å². The molecule has 0 saturated heterocycles. The smallest absolute Gasteiger partial charge is 0.266 e. The third kappa shape index (κ3) is 3.57. The number of carbonyl (C=O) groups excluding carboxylic acids is 3. The predicted octanol–water partition coefficient (Wildman–Crippen LogP) is 4.79. The van der Waals surface area contributed by atoms with Gasteiger partial charge >= 0.3 is 0 Å². The van der Waals surface area contributed by atoms with Crippen LogP contribution in [0.15, 0.2) is 60.7 Å². The van der Waals surface area contributed by atoms with E-state index >= 15 is 0 Å². The van der Waals surface area contributed by atoms with Crippen LogP contribution in [0.5, 0.6) is 5.75 Å². The first-order valence-electron chi connectivity index (χ1n) is 11.1. The minimum atomic E-state index is -0.427. The van der Waals surface area contributed by atoms with Crippen LogP contribution < -0.4 is 14.5 Å². The maximum absolute atomic E-state index is 13.4. The summed E-state index contributed by atoms with van der Waals surface area (Å²) in [5.74, 6) is -0.314. The molecule has 0 aromatic heterocycles. The summed E-state index contributed by atoms with van der Waals surface area (Å²) in [4.78, 5) is 42.4. The van der Waals surface area contributed by atoms with E-state index in [1.807, 2.05) is 26.0 Å². The van der Waals surface area contributed by atoms with Crippen LogP contribution >= 0.6 is 0 Å². The van der Waals surface area contributed by atoms with Crippen molar-refractivity contribution in [2.45, 2.75) is 26.7 Å². The van der Waals surface area contributed by atoms with E-state index in [0.717, 1.165) is 29.0 Å². The van der Waals surface area contributed by atoms with Gasteiger partial charge in [0.2, 0.25) is 0 Å². The molecule has 5 rings (SSSR count). The number of nitrogens with zero attached hydrogens (tertiary/aromatic N) is 2. The Morgan fingerprint density at radius 2 is 1.70 bits per heavy atom. The minimum Gasteiger partial charge on any atom is -0.494 e. The standard InChI is InChI=1S/C27H24N2O4/c1-3-33-21-10-8-20(9-11-21)29-26(31)22-12-7-19(16-23(22)27(29)32)25(30)28-14-4-5-18-15-17(2)6-13-24(18)28/h6-13,15-16H,3-5,14H2,1-2H3. The van der Waals surface area contributed by atoms with Crippen LogP contribution in [0.1, 0.15) is 55.5 Å². The van der Waals surface area contributed by atoms with Gasteiger partial charge in [-0.3, -0.25) is 14.4 Å². The van der Waals surface area contributed by atoms with E-state index in [4.69, 9.17) is 4.74 Å². The molecule has 166 valence electrons. The minimum absolute atomic E-state index is 0.164. The lowest BCUT2D eigenvalue weighted by Gasteiger charge is -2.30. The third-order valence-corrected chi connectivity index (χ3v) is 6.14. The van der Waals surface area contributed by atoms with Crippen molar-refractivity contribution in [2.24, 2.45) is 0 Å². The number of imide groups is 1. The van der Waals surface area contributed by atoms with E-state index in [1.165, 1.54) is 5.56 Å². The third-order valence-electron chi connectivity index (χ3n) is 6.14. The molecule has 3 aromatic carbocycles. The number of anilines is 2. The Balaban J connectivity index is 1.45. The number of hydrogen-bond acceptors (Lipinski definition) is 4. The summed E-state index contributed by atoms with van der Waals surface area (Å²) >= 11 is 0. The monoisotopic (exact) mass is 440 g/mol. The first-order valence-corrected chi connectivity index (χ1v) is 11.1. The van der Waals surface area contributed by atoms with Gasteiger partial charge in [-0.25, -0.2) is 4.90 Å². The molecule has 0 radical (unpaired) electrons. The molecule has 0 aliphatic carbocycles. The van der Waals surface area contributed by atoms with Crippen molar-refractivity contribution < 1.29 is 19.1 Å². The average molecular weight is 440 g/mol. The Morgan fingerprint density at radius 1 is 0.939 bits per heavy atom. The molecule has 0 bridgehead atoms. The highest BCUT2D eigenvalue weighted by Gasteiger charge is 2.37. The summed E-state index contributed by atoms with van der Waals surface area (Å²) in [6.07, 6.45) is 1.82. The number of carbonyl (C=O) groups is 3. The van der Waals surface area contributed by atoms with Gasteiger partial charge in [0.1, 0.15) is 5.75 Å². The summed E-state index contributed by atoms with van der Waals surface area (Å²) < 4.78 is 5.44. The fraction of sp³-hybridized carbons (Fsp3) is 0.222. The summed E-state index contributed by atoms with van der Waals surface area (Å²) in [5.41, 5.74) is 4.66. The second-order valence-electron chi connectivity index (χ2n) is 8.33. The van der Waals surface area contributed by atoms with E-state index in [0.29, 0.717) is 35.7 Å². The summed E-state index contributed by atoms with van der Waals surface area (Å²) in [6, 6.07) is 17.7. The molecular weight excluding hydrogens is 416 g/mol. The van der Waals surface area contributed by atoms with E-state index in [9.17, 15) is 14.4 Å². The normalized spacial score (nSPS) is 14.8. The molecule has 2 aliphatic rings. The molecule has 2 heterocycles. The van der Waals surface area contributed by atoms with Crippen molar-refractivity contribution in [2.75, 3.05) is 23.0 Å². The van der Waals surface area contributed by atoms with E-state index in [2.05, 4.69) is 6.07 Å². The largest absolute Gasteiger partial charge is 0.494 e. The Hall–Kier alpha value is -3.93. The lowest BCUT2D eigenvalue weighted by molar-refractivity contribution is 0.0925. The molecule has 0 N–H and O–H groups in total. The number of aryl methyl sites for hydroxylation is 2. The average Bonchev–Trinajstić information content (AvgIpc) is 3.08. The molecule has 3 amide bonds. The van der Waals surface area contributed by atoms with Crippen molar-refractivity contribution in [3.63, 3.8) is 0 Å². The quantitative estimate of drug-likeness (QED) is 0.547. The number of hydrogen-bond donors (Lipinski definition) is 0. The van der Waals surface area contributed by atoms with Crippen molar-refractivity contribution in [1.82, 2.24) is 0 Å². The van der Waals surface area contributed by atoms with Gasteiger partial charge < -0.3 is 9.64 Å². The number of benzene rings is 3. The van der Waals surface area contributed by atoms with Gasteiger partial charge in [-0.05, 0) is 80.8 Å². The van der Waals surface area contributed by atoms with E-state index in [1.54, 1.807) is 47.4 Å². The van der Waals surface area contributed by atoms with Gasteiger partial charge in [0.05, 0.1) is 23.4 Å². The zero-order valence-corrected chi connectivity index (χ0v) is 18.6. The van der Waals surface area contributed by atoms with E-state index < -0.39 is 11.8 Å². The lowest BCUT2D eigenvalue weighted by atomic mass is 9.98. The molecule has 0 atom stereocenters. The lowest BCUT2D eigenvalue weighted by Crippen LogP contribution is -2.35. The second-order valence-corrected chi connectivity index (χ2v) is 8.33. The van der Waals surface area contributed by atoms with Crippen LogP contribution in [0.25, 0.3) is 0 Å². The Morgan fingerprint density at radius 3 is 2.45 bits per heavy atom. The van der Waals surface area contributed by atoms with Gasteiger partial charge in [-0.2, -0.15) is 0 Å². The van der Waals surface area contributed by atoms with Gasteiger partial charge in [0.25, 0.3) is 17.7 Å². The molecule has 2 aliphatic heterocycles. The van der Waals surface area contributed by atoms with Gasteiger partial charge in [0.15, 0.2) is 0 Å². The first-order chi connectivity index (χ1) is 16.0. The van der Waals surface area contributed by atoms with Crippen LogP contribution in [0.2, 0.25) is 0 Å². The zero-order chi connectivity index (χ0) is 23.1. The topological polar surface area (TPSA) is 66.9 Å². The maximum atomic E-state index is 13.4. The van der Waals surface area contributed by atoms with Gasteiger partial charge in [0, 0.05) is 17.8 Å². The summed E-state index contributed by atoms with van der Waals surface area (Å²) in [7, 11) is 0. The summed E-state index contributed by atoms with van der Waals surface area (Å²) in [5, 5.41) is 0. The van der Waals surface area contributed by atoms with Crippen LogP contribution in [-0.2, 0) is 6.42 Å². The molecule has 0 spiro atoms. The van der Waals surface area contributed by atoms with Crippen molar-refractivity contribution >= 4 is 29.1 Å². The highest BCUT2D eigenvalue weighted by Crippen LogP contribution is 2.32. The first kappa shape index (κ1) is 20.9. The maximum Gasteiger partial charge on any atom is 0.266 e. The Bertz CT molecular complexity index is 1280. The predicted molar refractivity (Wildman–Crippen MR) is 126 cm³/mol. The molecule has 0 fully saturated rings. The zero-order valence-electron chi connectivity index (χ0n) is 18.6. The molecule has 33 heavy (non-hydrogen) atoms. The fourth-order valence-corrected chi connectivity index (χ4v) is 4.56. The summed E-state index contributed by atoms with van der Waals surface area (Å²) in [6.45, 7) is 5.09. The van der Waals surface area contributed by atoms with Crippen molar-refractivity contribution in [3.05, 3.63) is 88.5 Å². The van der Waals surface area contributed by atoms with Gasteiger partial charge in [-0.1, -0.05) is 17.7 Å². The molecule has 6 heteroatoms. The number of rotatable bonds is 4. The Labute approximate surface area is 192 Å². The van der Waals surface area contributed by atoms with Gasteiger partial charge in [-0.15, -0.1) is 0 Å².